The molecule has 1 aromatic carbocycles. The van der Waals surface area contributed by atoms with Crippen molar-refractivity contribution in [3.05, 3.63) is 55.9 Å². The molecule has 0 aliphatic heterocycles. The highest BCUT2D eigenvalue weighted by atomic mass is 35.5. The first-order valence-electron chi connectivity index (χ1n) is 8.27. The number of halogens is 4. The van der Waals surface area contributed by atoms with Gasteiger partial charge in [-0.1, -0.05) is 11.6 Å². The first-order chi connectivity index (χ1) is 14.0. The maximum atomic E-state index is 12.9. The monoisotopic (exact) mass is 459 g/mol. The number of benzene rings is 1. The Morgan fingerprint density at radius 2 is 2.03 bits per heavy atom. The van der Waals surface area contributed by atoms with E-state index in [-0.39, 0.29) is 21.5 Å². The number of thiophene rings is 1. The van der Waals surface area contributed by atoms with Crippen LogP contribution < -0.4 is 10.9 Å². The van der Waals surface area contributed by atoms with Crippen molar-refractivity contribution in [2.45, 2.75) is 13.1 Å². The van der Waals surface area contributed by atoms with E-state index >= 15 is 0 Å². The van der Waals surface area contributed by atoms with Gasteiger partial charge in [-0.25, -0.2) is 9.78 Å². The van der Waals surface area contributed by atoms with E-state index in [0.29, 0.717) is 16.5 Å². The molecule has 0 unspecified atom stereocenters. The van der Waals surface area contributed by atoms with Crippen LogP contribution in [-0.2, 0) is 22.8 Å². The van der Waals surface area contributed by atoms with Crippen LogP contribution in [0.2, 0.25) is 5.02 Å². The molecule has 1 amide bonds. The molecule has 0 bridgehead atoms. The molecule has 0 saturated carbocycles. The van der Waals surface area contributed by atoms with E-state index in [0.717, 1.165) is 17.4 Å². The number of fused-ring (bicyclic) bond motifs is 1. The summed E-state index contributed by atoms with van der Waals surface area (Å²) in [4.78, 5) is 41.1. The van der Waals surface area contributed by atoms with Gasteiger partial charge in [0, 0.05) is 12.7 Å². The third-order valence-electron chi connectivity index (χ3n) is 4.09. The number of aromatic nitrogens is 2. The molecular weight excluding hydrogens is 447 g/mol. The summed E-state index contributed by atoms with van der Waals surface area (Å²) in [6, 6.07) is 2.87. The Kier molecular flexibility index (Phi) is 5.86. The third kappa shape index (κ3) is 4.31. The van der Waals surface area contributed by atoms with Gasteiger partial charge in [-0.15, -0.1) is 11.3 Å². The Bertz CT molecular complexity index is 1220. The van der Waals surface area contributed by atoms with Crippen molar-refractivity contribution in [2.24, 2.45) is 7.05 Å². The summed E-state index contributed by atoms with van der Waals surface area (Å²) in [6.07, 6.45) is -3.36. The number of alkyl halides is 3. The number of anilines is 1. The van der Waals surface area contributed by atoms with E-state index in [4.69, 9.17) is 16.3 Å². The maximum absolute atomic E-state index is 12.9. The average molecular weight is 460 g/mol. The lowest BCUT2D eigenvalue weighted by Crippen LogP contribution is -2.21. The highest BCUT2D eigenvalue weighted by Crippen LogP contribution is 2.36. The van der Waals surface area contributed by atoms with Crippen molar-refractivity contribution in [3.63, 3.8) is 0 Å². The standard InChI is InChI=1S/C18H13ClF3N3O4S/c1-8-13-15(23-7-25(2)16(13)27)30-14(8)17(28)29-6-12(26)24-9-3-4-11(19)10(5-9)18(20,21)22/h3-5,7H,6H2,1-2H3,(H,24,26). The zero-order chi connectivity index (χ0) is 22.2. The van der Waals surface area contributed by atoms with Gasteiger partial charge in [0.2, 0.25) is 0 Å². The fourth-order valence-corrected chi connectivity index (χ4v) is 3.88. The van der Waals surface area contributed by atoms with Crippen molar-refractivity contribution in [1.29, 1.82) is 0 Å². The summed E-state index contributed by atoms with van der Waals surface area (Å²) in [7, 11) is 1.52. The number of rotatable bonds is 4. The van der Waals surface area contributed by atoms with Crippen LogP contribution in [0.25, 0.3) is 10.2 Å². The van der Waals surface area contributed by atoms with Crippen LogP contribution in [0.1, 0.15) is 20.8 Å². The molecule has 0 spiro atoms. The van der Waals surface area contributed by atoms with Gasteiger partial charge in [-0.3, -0.25) is 9.59 Å². The number of amides is 1. The molecule has 2 aromatic heterocycles. The van der Waals surface area contributed by atoms with E-state index in [1.54, 1.807) is 6.92 Å². The number of aryl methyl sites for hydroxylation is 2. The lowest BCUT2D eigenvalue weighted by molar-refractivity contribution is -0.137. The Morgan fingerprint density at radius 1 is 1.33 bits per heavy atom. The smallest absolute Gasteiger partial charge is 0.417 e. The van der Waals surface area contributed by atoms with E-state index < -0.39 is 35.2 Å². The van der Waals surface area contributed by atoms with Crippen LogP contribution in [0, 0.1) is 6.92 Å². The Hall–Kier alpha value is -2.92. The molecule has 0 aliphatic rings. The third-order valence-corrected chi connectivity index (χ3v) is 5.60. The lowest BCUT2D eigenvalue weighted by Gasteiger charge is -2.12. The highest BCUT2D eigenvalue weighted by Gasteiger charge is 2.33. The second-order valence-electron chi connectivity index (χ2n) is 6.21. The highest BCUT2D eigenvalue weighted by molar-refractivity contribution is 7.20. The molecule has 158 valence electrons. The summed E-state index contributed by atoms with van der Waals surface area (Å²) in [5.41, 5.74) is -1.21. The molecule has 0 fully saturated rings. The van der Waals surface area contributed by atoms with Crippen LogP contribution in [0.4, 0.5) is 18.9 Å². The SMILES string of the molecule is Cc1c(C(=O)OCC(=O)Nc2ccc(Cl)c(C(F)(F)F)c2)sc2ncn(C)c(=O)c12. The number of carbonyl (C=O) groups is 2. The molecule has 0 aliphatic carbocycles. The first-order valence-corrected chi connectivity index (χ1v) is 9.47. The number of nitrogens with one attached hydrogen (secondary N) is 1. The molecular formula is C18H13ClF3N3O4S. The Balaban J connectivity index is 1.71. The molecule has 7 nitrogen and oxygen atoms in total. The average Bonchev–Trinajstić information content (AvgIpc) is 3.01. The Morgan fingerprint density at radius 3 is 2.70 bits per heavy atom. The van der Waals surface area contributed by atoms with Crippen molar-refractivity contribution >= 4 is 50.7 Å². The predicted molar refractivity (Wildman–Crippen MR) is 105 cm³/mol. The molecule has 3 aromatic rings. The second-order valence-corrected chi connectivity index (χ2v) is 7.62. The zero-order valence-electron chi connectivity index (χ0n) is 15.5. The molecule has 2 heterocycles. The van der Waals surface area contributed by atoms with Gasteiger partial charge < -0.3 is 14.6 Å². The van der Waals surface area contributed by atoms with Crippen LogP contribution in [0.5, 0.6) is 0 Å². The van der Waals surface area contributed by atoms with Gasteiger partial charge in [0.15, 0.2) is 6.61 Å². The van der Waals surface area contributed by atoms with E-state index in [9.17, 15) is 27.6 Å². The summed E-state index contributed by atoms with van der Waals surface area (Å²) in [6.45, 7) is 0.826. The van der Waals surface area contributed by atoms with Gasteiger partial charge in [0.1, 0.15) is 9.71 Å². The molecule has 3 rings (SSSR count). The summed E-state index contributed by atoms with van der Waals surface area (Å²) >= 11 is 6.47. The Labute approximate surface area is 176 Å². The van der Waals surface area contributed by atoms with Crippen molar-refractivity contribution in [3.8, 4) is 0 Å². The summed E-state index contributed by atoms with van der Waals surface area (Å²) in [5.74, 6) is -1.69. The normalized spacial score (nSPS) is 11.5. The topological polar surface area (TPSA) is 90.3 Å². The van der Waals surface area contributed by atoms with E-state index in [2.05, 4.69) is 10.3 Å². The van der Waals surface area contributed by atoms with Crippen molar-refractivity contribution < 1.29 is 27.5 Å². The quantitative estimate of drug-likeness (QED) is 0.600. The molecule has 12 heteroatoms. The van der Waals surface area contributed by atoms with Gasteiger partial charge in [0.25, 0.3) is 11.5 Å². The van der Waals surface area contributed by atoms with Crippen molar-refractivity contribution in [1.82, 2.24) is 9.55 Å². The molecule has 0 saturated heterocycles. The summed E-state index contributed by atoms with van der Waals surface area (Å²) in [5, 5.41) is 1.98. The van der Waals surface area contributed by atoms with Crippen LogP contribution in [-0.4, -0.2) is 28.0 Å². The maximum Gasteiger partial charge on any atom is 0.417 e. The minimum atomic E-state index is -4.69. The van der Waals surface area contributed by atoms with Crippen molar-refractivity contribution in [2.75, 3.05) is 11.9 Å². The number of hydrogen-bond donors (Lipinski definition) is 1. The number of carbonyl (C=O) groups excluding carboxylic acids is 2. The van der Waals surface area contributed by atoms with Crippen LogP contribution >= 0.6 is 22.9 Å². The van der Waals surface area contributed by atoms with Crippen LogP contribution in [0.3, 0.4) is 0 Å². The van der Waals surface area contributed by atoms with Gasteiger partial charge in [-0.2, -0.15) is 13.2 Å². The summed E-state index contributed by atoms with van der Waals surface area (Å²) < 4.78 is 44.9. The minimum absolute atomic E-state index is 0.111. The molecule has 30 heavy (non-hydrogen) atoms. The predicted octanol–water partition coefficient (Wildman–Crippen LogP) is 3.77. The van der Waals surface area contributed by atoms with E-state index in [1.807, 2.05) is 0 Å². The fourth-order valence-electron chi connectivity index (χ4n) is 2.62. The zero-order valence-corrected chi connectivity index (χ0v) is 17.0. The number of hydrogen-bond acceptors (Lipinski definition) is 6. The molecule has 0 atom stereocenters. The fraction of sp³-hybridized carbons (Fsp3) is 0.222. The second kappa shape index (κ2) is 8.07. The molecule has 0 radical (unpaired) electrons. The number of ether oxygens (including phenoxy) is 1. The van der Waals surface area contributed by atoms with Crippen LogP contribution in [0.15, 0.2) is 29.3 Å². The lowest BCUT2D eigenvalue weighted by atomic mass is 10.2. The number of esters is 1. The largest absolute Gasteiger partial charge is 0.451 e. The first kappa shape index (κ1) is 21.8. The van der Waals surface area contributed by atoms with Gasteiger partial charge in [0.05, 0.1) is 22.3 Å². The molecule has 1 N–H and O–H groups in total. The van der Waals surface area contributed by atoms with E-state index in [1.165, 1.54) is 24.0 Å². The van der Waals surface area contributed by atoms with Gasteiger partial charge in [-0.05, 0) is 30.7 Å². The number of nitrogens with zero attached hydrogens (tertiary/aromatic N) is 2. The minimum Gasteiger partial charge on any atom is -0.451 e. The van der Waals surface area contributed by atoms with Gasteiger partial charge >= 0.3 is 12.1 Å².